The van der Waals surface area contributed by atoms with Crippen LogP contribution in [0.15, 0.2) is 58.6 Å². The van der Waals surface area contributed by atoms with E-state index in [4.69, 9.17) is 11.6 Å². The average Bonchev–Trinajstić information content (AvgIpc) is 2.88. The first-order valence-electron chi connectivity index (χ1n) is 7.84. The van der Waals surface area contributed by atoms with Gasteiger partial charge in [0.1, 0.15) is 5.76 Å². The molecule has 0 aliphatic carbocycles. The van der Waals surface area contributed by atoms with Crippen molar-refractivity contribution >= 4 is 45.0 Å². The second-order valence-electron chi connectivity index (χ2n) is 5.77. The Labute approximate surface area is 163 Å². The standard InChI is InChI=1S/C19H15BrClNO4/c20-13-5-1-12(2-6-13)17(24)15-16(11-3-7-14(21)8-4-11)22(9-10-23)19(26)18(15)25/h1-8,16,23-24H,9-10H2/t16-/m0/s1. The molecule has 0 aromatic heterocycles. The van der Waals surface area contributed by atoms with E-state index in [0.29, 0.717) is 16.1 Å². The number of Topliss-reactive ketones (excluding diaryl/α,β-unsaturated/α-hetero) is 1. The van der Waals surface area contributed by atoms with E-state index in [0.717, 1.165) is 4.47 Å². The van der Waals surface area contributed by atoms with Crippen LogP contribution < -0.4 is 0 Å². The third kappa shape index (κ3) is 3.40. The third-order valence-electron chi connectivity index (χ3n) is 4.18. The highest BCUT2D eigenvalue weighted by molar-refractivity contribution is 9.10. The van der Waals surface area contributed by atoms with Crippen LogP contribution in [0.25, 0.3) is 5.76 Å². The Hall–Kier alpha value is -2.15. The molecule has 3 rings (SSSR count). The van der Waals surface area contributed by atoms with E-state index in [1.807, 2.05) is 0 Å². The van der Waals surface area contributed by atoms with Crippen molar-refractivity contribution in [3.63, 3.8) is 0 Å². The number of β-amino-alcohol motifs (C(OH)–C–C–N with tert-alkyl or cyclic N) is 1. The maximum Gasteiger partial charge on any atom is 0.295 e. The summed E-state index contributed by atoms with van der Waals surface area (Å²) in [5.41, 5.74) is 1.04. The number of aliphatic hydroxyl groups excluding tert-OH is 2. The van der Waals surface area contributed by atoms with E-state index in [2.05, 4.69) is 15.9 Å². The molecule has 2 N–H and O–H groups in total. The minimum absolute atomic E-state index is 0.00639. The average molecular weight is 437 g/mol. The van der Waals surface area contributed by atoms with Crippen LogP contribution in [0.2, 0.25) is 5.02 Å². The molecule has 1 fully saturated rings. The number of amides is 1. The Kier molecular flexibility index (Phi) is 5.46. The van der Waals surface area contributed by atoms with Gasteiger partial charge in [0.15, 0.2) is 0 Å². The fourth-order valence-corrected chi connectivity index (χ4v) is 3.36. The van der Waals surface area contributed by atoms with Gasteiger partial charge < -0.3 is 15.1 Å². The minimum Gasteiger partial charge on any atom is -0.507 e. The van der Waals surface area contributed by atoms with Gasteiger partial charge in [-0.2, -0.15) is 0 Å². The topological polar surface area (TPSA) is 77.8 Å². The summed E-state index contributed by atoms with van der Waals surface area (Å²) in [6, 6.07) is 12.7. The first-order valence-corrected chi connectivity index (χ1v) is 9.02. The quantitative estimate of drug-likeness (QED) is 0.437. The Morgan fingerprint density at radius 2 is 1.69 bits per heavy atom. The SMILES string of the molecule is O=C1C(=O)N(CCO)[C@@H](c2ccc(Cl)cc2)C1=C(O)c1ccc(Br)cc1. The molecule has 0 spiro atoms. The lowest BCUT2D eigenvalue weighted by atomic mass is 9.95. The lowest BCUT2D eigenvalue weighted by Gasteiger charge is -2.24. The van der Waals surface area contributed by atoms with Crippen LogP contribution in [0.5, 0.6) is 0 Å². The zero-order valence-electron chi connectivity index (χ0n) is 13.5. The zero-order chi connectivity index (χ0) is 18.8. The highest BCUT2D eigenvalue weighted by atomic mass is 79.9. The van der Waals surface area contributed by atoms with Crippen LogP contribution in [0.1, 0.15) is 17.2 Å². The number of carbonyl (C=O) groups excluding carboxylic acids is 2. The molecule has 1 saturated heterocycles. The van der Waals surface area contributed by atoms with Crippen LogP contribution >= 0.6 is 27.5 Å². The van der Waals surface area contributed by atoms with E-state index in [9.17, 15) is 19.8 Å². The number of benzene rings is 2. The van der Waals surface area contributed by atoms with Crippen LogP contribution in [-0.4, -0.2) is 40.0 Å². The van der Waals surface area contributed by atoms with Crippen molar-refractivity contribution in [3.05, 3.63) is 74.7 Å². The van der Waals surface area contributed by atoms with E-state index < -0.39 is 17.7 Å². The molecule has 0 bridgehead atoms. The highest BCUT2D eigenvalue weighted by Crippen LogP contribution is 2.39. The summed E-state index contributed by atoms with van der Waals surface area (Å²) >= 11 is 9.25. The van der Waals surface area contributed by atoms with E-state index >= 15 is 0 Å². The summed E-state index contributed by atoms with van der Waals surface area (Å²) < 4.78 is 0.823. The van der Waals surface area contributed by atoms with E-state index in [1.165, 1.54) is 4.90 Å². The van der Waals surface area contributed by atoms with Crippen LogP contribution in [0, 0.1) is 0 Å². The predicted molar refractivity (Wildman–Crippen MR) is 102 cm³/mol. The molecule has 0 unspecified atom stereocenters. The molecule has 0 saturated carbocycles. The number of hydrogen-bond donors (Lipinski definition) is 2. The number of likely N-dealkylation sites (tertiary alicyclic amines) is 1. The number of ketones is 1. The molecule has 7 heteroatoms. The van der Waals surface area contributed by atoms with Crippen molar-refractivity contribution in [2.75, 3.05) is 13.2 Å². The van der Waals surface area contributed by atoms with Crippen molar-refractivity contribution in [2.24, 2.45) is 0 Å². The summed E-state index contributed by atoms with van der Waals surface area (Å²) in [6.07, 6.45) is 0. The molecule has 5 nitrogen and oxygen atoms in total. The Balaban J connectivity index is 2.17. The monoisotopic (exact) mass is 435 g/mol. The normalized spacial score (nSPS) is 19.2. The largest absolute Gasteiger partial charge is 0.507 e. The fraction of sp³-hybridized carbons (Fsp3) is 0.158. The van der Waals surface area contributed by atoms with Gasteiger partial charge in [0, 0.05) is 21.6 Å². The van der Waals surface area contributed by atoms with Gasteiger partial charge in [-0.1, -0.05) is 51.8 Å². The second kappa shape index (κ2) is 7.61. The molecule has 134 valence electrons. The van der Waals surface area contributed by atoms with Crippen LogP contribution in [-0.2, 0) is 9.59 Å². The van der Waals surface area contributed by atoms with Crippen LogP contribution in [0.4, 0.5) is 0 Å². The van der Waals surface area contributed by atoms with Gasteiger partial charge >= 0.3 is 0 Å². The molecule has 0 radical (unpaired) electrons. The zero-order valence-corrected chi connectivity index (χ0v) is 15.9. The number of rotatable bonds is 4. The van der Waals surface area contributed by atoms with Crippen molar-refractivity contribution in [2.45, 2.75) is 6.04 Å². The van der Waals surface area contributed by atoms with Crippen molar-refractivity contribution in [3.8, 4) is 0 Å². The van der Waals surface area contributed by atoms with Gasteiger partial charge in [0.25, 0.3) is 11.7 Å². The Bertz CT molecular complexity index is 877. The molecular formula is C19H15BrClNO4. The Morgan fingerprint density at radius 1 is 1.08 bits per heavy atom. The molecule has 1 aliphatic heterocycles. The molecule has 1 atom stereocenters. The van der Waals surface area contributed by atoms with Gasteiger partial charge in [-0.15, -0.1) is 0 Å². The summed E-state index contributed by atoms with van der Waals surface area (Å²) in [5.74, 6) is -1.78. The summed E-state index contributed by atoms with van der Waals surface area (Å²) in [4.78, 5) is 26.3. The minimum atomic E-state index is -0.789. The van der Waals surface area contributed by atoms with Crippen molar-refractivity contribution in [1.29, 1.82) is 0 Å². The van der Waals surface area contributed by atoms with Gasteiger partial charge in [0.05, 0.1) is 18.2 Å². The van der Waals surface area contributed by atoms with Gasteiger partial charge in [-0.3, -0.25) is 9.59 Å². The molecule has 1 heterocycles. The highest BCUT2D eigenvalue weighted by Gasteiger charge is 2.45. The van der Waals surface area contributed by atoms with Crippen molar-refractivity contribution < 1.29 is 19.8 Å². The maximum atomic E-state index is 12.6. The number of aliphatic hydroxyl groups is 2. The lowest BCUT2D eigenvalue weighted by Crippen LogP contribution is -2.32. The third-order valence-corrected chi connectivity index (χ3v) is 4.96. The molecule has 1 aliphatic rings. The number of nitrogens with zero attached hydrogens (tertiary/aromatic N) is 1. The second-order valence-corrected chi connectivity index (χ2v) is 7.13. The maximum absolute atomic E-state index is 12.6. The lowest BCUT2D eigenvalue weighted by molar-refractivity contribution is -0.140. The van der Waals surface area contributed by atoms with E-state index in [-0.39, 0.29) is 24.5 Å². The molecule has 2 aromatic rings. The molecular weight excluding hydrogens is 422 g/mol. The number of halogens is 2. The Morgan fingerprint density at radius 3 is 2.27 bits per heavy atom. The van der Waals surface area contributed by atoms with Gasteiger partial charge in [0.2, 0.25) is 0 Å². The van der Waals surface area contributed by atoms with Crippen LogP contribution in [0.3, 0.4) is 0 Å². The molecule has 26 heavy (non-hydrogen) atoms. The fourth-order valence-electron chi connectivity index (χ4n) is 2.97. The van der Waals surface area contributed by atoms with E-state index in [1.54, 1.807) is 48.5 Å². The van der Waals surface area contributed by atoms with Crippen molar-refractivity contribution in [1.82, 2.24) is 4.90 Å². The molecule has 2 aromatic carbocycles. The van der Waals surface area contributed by atoms with Gasteiger partial charge in [-0.25, -0.2) is 0 Å². The summed E-state index contributed by atoms with van der Waals surface area (Å²) in [5, 5.41) is 20.6. The van der Waals surface area contributed by atoms with Gasteiger partial charge in [-0.05, 0) is 29.8 Å². The summed E-state index contributed by atoms with van der Waals surface area (Å²) in [7, 11) is 0. The first kappa shape index (κ1) is 18.6. The predicted octanol–water partition coefficient (Wildman–Crippen LogP) is 3.52. The smallest absolute Gasteiger partial charge is 0.295 e. The first-order chi connectivity index (χ1) is 12.4. The summed E-state index contributed by atoms with van der Waals surface area (Å²) in [6.45, 7) is -0.315. The molecule has 1 amide bonds. The number of carbonyl (C=O) groups is 2. The number of hydrogen-bond acceptors (Lipinski definition) is 4.